The van der Waals surface area contributed by atoms with E-state index in [0.717, 1.165) is 47.3 Å². The highest BCUT2D eigenvalue weighted by Gasteiger charge is 2.74. The number of rotatable bonds is 0. The molecule has 298 valence electrons. The van der Waals surface area contributed by atoms with Crippen molar-refractivity contribution in [2.45, 2.75) is 179 Å². The van der Waals surface area contributed by atoms with Gasteiger partial charge in [0.05, 0.1) is 11.1 Å². The minimum Gasteiger partial charge on any atom is -0.335 e. The molecule has 0 radical (unpaired) electrons. The van der Waals surface area contributed by atoms with Crippen LogP contribution in [0.4, 0.5) is 22.7 Å². The number of fused-ring (bicyclic) bond motifs is 20. The lowest BCUT2D eigenvalue weighted by molar-refractivity contribution is -0.0773. The van der Waals surface area contributed by atoms with E-state index in [4.69, 9.17) is 0 Å². The molecule has 0 bridgehead atoms. The van der Waals surface area contributed by atoms with Crippen LogP contribution in [-0.4, -0.2) is 17.8 Å². The van der Waals surface area contributed by atoms with E-state index >= 15 is 0 Å². The molecule has 12 unspecified atom stereocenters. The Morgan fingerprint density at radius 1 is 0.509 bits per heavy atom. The molecule has 3 aromatic carbocycles. The second-order valence-electron chi connectivity index (χ2n) is 23.7. The molecule has 4 aliphatic heterocycles. The first kappa shape index (κ1) is 35.1. The third-order valence-corrected chi connectivity index (χ3v) is 21.4. The average Bonchev–Trinajstić information content (AvgIpc) is 3.59. The van der Waals surface area contributed by atoms with Crippen LogP contribution in [0.1, 0.15) is 168 Å². The van der Waals surface area contributed by atoms with Gasteiger partial charge in [-0.2, -0.15) is 0 Å². The Labute approximate surface area is 345 Å². The molecular formula is C54H69BN2. The molecular weight excluding hydrogens is 687 g/mol. The molecule has 57 heavy (non-hydrogen) atoms. The van der Waals surface area contributed by atoms with Crippen molar-refractivity contribution < 1.29 is 0 Å². The Morgan fingerprint density at radius 3 is 1.54 bits per heavy atom. The summed E-state index contributed by atoms with van der Waals surface area (Å²) in [6.07, 6.45) is 23.0. The molecule has 6 saturated carbocycles. The SMILES string of the molecule is CC(C)(C)c1ccc2c3c1C1(C)C4CCCCC4C4CCCCC4C1(C)N3c1cccc3c1B2c1cccc2c1N3C1(C)C3CCCCC3C3CCCCC3C21C. The lowest BCUT2D eigenvalue weighted by Gasteiger charge is -2.66. The fraction of sp³-hybridized carbons (Fsp3) is 0.667. The molecule has 0 saturated heterocycles. The van der Waals surface area contributed by atoms with Crippen molar-refractivity contribution >= 4 is 45.9 Å². The second-order valence-corrected chi connectivity index (χ2v) is 23.7. The van der Waals surface area contributed by atoms with E-state index in [-0.39, 0.29) is 34.0 Å². The van der Waals surface area contributed by atoms with Gasteiger partial charge in [0.1, 0.15) is 0 Å². The number of para-hydroxylation sites is 1. The van der Waals surface area contributed by atoms with Gasteiger partial charge in [-0.15, -0.1) is 0 Å². The van der Waals surface area contributed by atoms with Crippen LogP contribution in [0.5, 0.6) is 0 Å². The monoisotopic (exact) mass is 757 g/mol. The van der Waals surface area contributed by atoms with Gasteiger partial charge in [-0.05, 0) is 163 Å². The third kappa shape index (κ3) is 3.72. The standard InChI is InChI=1S/C54H69BN2/c1-50(2,3)40-30-31-43-49-46(40)52(5)37-23-13-9-19-33(37)35-21-11-15-25-39(35)54(52,7)57(49)45-29-17-28-44-47(45)55(43)42-27-16-26-41-48(42)56(44)53(6)38-24-14-10-20-34(38)32-18-8-12-22-36(32)51(41,53)4/h16-17,26-39H,8-15,18-25H2,1-7H3. The Balaban J connectivity index is 1.12. The van der Waals surface area contributed by atoms with Crippen molar-refractivity contribution in [2.24, 2.45) is 47.3 Å². The number of nitrogens with zero attached hydrogens (tertiary/aromatic N) is 2. The van der Waals surface area contributed by atoms with Gasteiger partial charge in [0, 0.05) is 33.6 Å². The third-order valence-electron chi connectivity index (χ3n) is 21.4. The lowest BCUT2D eigenvalue weighted by Crippen LogP contribution is -2.72. The fourth-order valence-corrected chi connectivity index (χ4v) is 19.4. The highest BCUT2D eigenvalue weighted by Crippen LogP contribution is 2.74. The Kier molecular flexibility index (Phi) is 6.88. The van der Waals surface area contributed by atoms with Crippen LogP contribution >= 0.6 is 0 Å². The first-order chi connectivity index (χ1) is 27.5. The van der Waals surface area contributed by atoms with Gasteiger partial charge < -0.3 is 9.80 Å². The zero-order valence-corrected chi connectivity index (χ0v) is 36.5. The van der Waals surface area contributed by atoms with E-state index < -0.39 is 0 Å². The van der Waals surface area contributed by atoms with Crippen LogP contribution in [0.15, 0.2) is 48.5 Å². The first-order valence-electron chi connectivity index (χ1n) is 24.5. The maximum Gasteiger partial charge on any atom is 0.252 e. The maximum atomic E-state index is 3.14. The summed E-state index contributed by atoms with van der Waals surface area (Å²) in [5.74, 6) is 6.53. The molecule has 4 heterocycles. The van der Waals surface area contributed by atoms with Gasteiger partial charge >= 0.3 is 0 Å². The van der Waals surface area contributed by atoms with Crippen LogP contribution in [0, 0.1) is 47.3 Å². The zero-order valence-electron chi connectivity index (χ0n) is 36.5. The first-order valence-corrected chi connectivity index (χ1v) is 24.5. The summed E-state index contributed by atoms with van der Waals surface area (Å²) in [4.78, 5) is 6.25. The van der Waals surface area contributed by atoms with E-state index in [1.54, 1.807) is 55.8 Å². The van der Waals surface area contributed by atoms with Crippen LogP contribution in [0.2, 0.25) is 0 Å². The minimum absolute atomic E-state index is 0.0509. The highest BCUT2D eigenvalue weighted by molar-refractivity contribution is 7.00. The summed E-state index contributed by atoms with van der Waals surface area (Å²) in [7, 11) is 0. The fourth-order valence-electron chi connectivity index (χ4n) is 19.4. The second kappa shape index (κ2) is 11.2. The number of anilines is 4. The predicted octanol–water partition coefficient (Wildman–Crippen LogP) is 11.7. The van der Waals surface area contributed by atoms with Crippen molar-refractivity contribution in [3.8, 4) is 0 Å². The Morgan fingerprint density at radius 2 is 0.965 bits per heavy atom. The quantitative estimate of drug-likeness (QED) is 0.211. The topological polar surface area (TPSA) is 6.48 Å². The van der Waals surface area contributed by atoms with Crippen LogP contribution in [-0.2, 0) is 16.2 Å². The zero-order chi connectivity index (χ0) is 38.6. The normalized spacial score (nSPS) is 42.8. The average molecular weight is 757 g/mol. The summed E-state index contributed by atoms with van der Waals surface area (Å²) >= 11 is 0. The summed E-state index contributed by atoms with van der Waals surface area (Å²) in [6.45, 7) is 19.2. The van der Waals surface area contributed by atoms with E-state index in [9.17, 15) is 0 Å². The molecule has 3 aromatic rings. The Hall–Kier alpha value is -2.68. The number of hydrogen-bond acceptors (Lipinski definition) is 2. The highest BCUT2D eigenvalue weighted by atomic mass is 15.3. The molecule has 0 N–H and O–H groups in total. The van der Waals surface area contributed by atoms with Gasteiger partial charge in [0.15, 0.2) is 0 Å². The van der Waals surface area contributed by atoms with Crippen LogP contribution in [0.25, 0.3) is 0 Å². The largest absolute Gasteiger partial charge is 0.335 e. The van der Waals surface area contributed by atoms with E-state index in [2.05, 4.69) is 107 Å². The smallest absolute Gasteiger partial charge is 0.252 e. The number of hydrogen-bond donors (Lipinski definition) is 0. The van der Waals surface area contributed by atoms with Crippen molar-refractivity contribution in [1.82, 2.24) is 0 Å². The van der Waals surface area contributed by atoms with Gasteiger partial charge in [0.2, 0.25) is 0 Å². The Bertz CT molecular complexity index is 2230. The van der Waals surface area contributed by atoms with E-state index in [0.29, 0.717) is 0 Å². The van der Waals surface area contributed by atoms with Crippen LogP contribution in [0.3, 0.4) is 0 Å². The van der Waals surface area contributed by atoms with Crippen LogP contribution < -0.4 is 26.2 Å². The molecule has 13 rings (SSSR count). The molecule has 3 heteroatoms. The van der Waals surface area contributed by atoms with Crippen molar-refractivity contribution in [2.75, 3.05) is 9.80 Å². The number of benzene rings is 3. The predicted molar refractivity (Wildman–Crippen MR) is 240 cm³/mol. The van der Waals surface area contributed by atoms with Gasteiger partial charge in [-0.25, -0.2) is 0 Å². The maximum absolute atomic E-state index is 3.14. The molecule has 0 aromatic heterocycles. The van der Waals surface area contributed by atoms with Crippen molar-refractivity contribution in [3.05, 3.63) is 65.2 Å². The van der Waals surface area contributed by atoms with Gasteiger partial charge in [-0.1, -0.05) is 122 Å². The summed E-state index contributed by atoms with van der Waals surface area (Å²) in [6, 6.07) is 21.0. The summed E-state index contributed by atoms with van der Waals surface area (Å²) in [5, 5.41) is 0. The lowest BCUT2D eigenvalue weighted by atomic mass is 9.33. The van der Waals surface area contributed by atoms with Crippen molar-refractivity contribution in [1.29, 1.82) is 0 Å². The minimum atomic E-state index is 0.0509. The summed E-state index contributed by atoms with van der Waals surface area (Å²) in [5.41, 5.74) is 17.0. The molecule has 6 fully saturated rings. The van der Waals surface area contributed by atoms with Gasteiger partial charge in [0.25, 0.3) is 6.71 Å². The van der Waals surface area contributed by atoms with Gasteiger partial charge in [-0.3, -0.25) is 0 Å². The summed E-state index contributed by atoms with van der Waals surface area (Å²) < 4.78 is 0. The molecule has 6 aliphatic carbocycles. The molecule has 2 nitrogen and oxygen atoms in total. The van der Waals surface area contributed by atoms with Crippen molar-refractivity contribution in [3.63, 3.8) is 0 Å². The molecule has 0 spiro atoms. The molecule has 12 atom stereocenters. The molecule has 10 aliphatic rings. The van der Waals surface area contributed by atoms with E-state index in [1.165, 1.54) is 103 Å². The van der Waals surface area contributed by atoms with E-state index in [1.807, 2.05) is 0 Å². The molecule has 0 amide bonds.